The number of hydrogen-bond donors (Lipinski definition) is 0. The van der Waals surface area contributed by atoms with Gasteiger partial charge in [-0.1, -0.05) is 49.2 Å². The summed E-state index contributed by atoms with van der Waals surface area (Å²) in [5.74, 6) is 0.651. The Morgan fingerprint density at radius 1 is 1.23 bits per heavy atom. The molecule has 2 heterocycles. The molecule has 0 bridgehead atoms. The summed E-state index contributed by atoms with van der Waals surface area (Å²) in [5, 5.41) is 1.10. The van der Waals surface area contributed by atoms with E-state index < -0.39 is 0 Å². The third-order valence-electron chi connectivity index (χ3n) is 4.51. The highest BCUT2D eigenvalue weighted by Crippen LogP contribution is 2.34. The molecule has 0 unspecified atom stereocenters. The van der Waals surface area contributed by atoms with Crippen LogP contribution in [0.1, 0.15) is 42.9 Å². The molecule has 1 saturated heterocycles. The van der Waals surface area contributed by atoms with Gasteiger partial charge in [-0.2, -0.15) is 0 Å². The molecular formula is C20H22Cl2N2OS. The van der Waals surface area contributed by atoms with E-state index in [1.807, 2.05) is 29.2 Å². The second kappa shape index (κ2) is 8.20. The van der Waals surface area contributed by atoms with Crippen molar-refractivity contribution in [1.82, 2.24) is 9.88 Å². The van der Waals surface area contributed by atoms with Gasteiger partial charge >= 0.3 is 0 Å². The summed E-state index contributed by atoms with van der Waals surface area (Å²) >= 11 is 13.9. The topological polar surface area (TPSA) is 33.2 Å². The number of benzene rings is 1. The monoisotopic (exact) mass is 408 g/mol. The number of carbonyl (C=O) groups excluding carboxylic acids is 1. The van der Waals surface area contributed by atoms with Crippen LogP contribution in [0.3, 0.4) is 0 Å². The normalized spacial score (nSPS) is 16.5. The third kappa shape index (κ3) is 4.73. The maximum Gasteiger partial charge on any atom is 0.272 e. The maximum atomic E-state index is 12.8. The number of pyridine rings is 1. The minimum absolute atomic E-state index is 0.0189. The number of thioether (sulfide) groups is 1. The summed E-state index contributed by atoms with van der Waals surface area (Å²) in [7, 11) is 0. The van der Waals surface area contributed by atoms with Crippen LogP contribution in [0, 0.1) is 5.41 Å². The summed E-state index contributed by atoms with van der Waals surface area (Å²) in [6.07, 6.45) is 2.20. The minimum Gasteiger partial charge on any atom is -0.337 e. The number of amides is 1. The van der Waals surface area contributed by atoms with Gasteiger partial charge in [0.15, 0.2) is 0 Å². The van der Waals surface area contributed by atoms with Gasteiger partial charge in [0, 0.05) is 23.7 Å². The average molecular weight is 409 g/mol. The molecule has 0 N–H and O–H groups in total. The van der Waals surface area contributed by atoms with Crippen LogP contribution >= 0.6 is 35.0 Å². The highest BCUT2D eigenvalue weighted by atomic mass is 35.5. The zero-order valence-electron chi connectivity index (χ0n) is 15.0. The Morgan fingerprint density at radius 2 is 2.00 bits per heavy atom. The molecule has 138 valence electrons. The fraction of sp³-hybridized carbons (Fsp3) is 0.400. The first-order valence-corrected chi connectivity index (χ1v) is 10.4. The number of hydrogen-bond acceptors (Lipinski definition) is 3. The van der Waals surface area contributed by atoms with Crippen LogP contribution < -0.4 is 0 Å². The molecule has 1 aromatic carbocycles. The average Bonchev–Trinajstić information content (AvgIpc) is 2.62. The fourth-order valence-corrected chi connectivity index (χ4v) is 4.58. The Labute approximate surface area is 169 Å². The standard InChI is InChI=1S/C20H22Cl2N2OS/c1-20(2)10-5-11-24(13-20)19(25)16-8-3-6-14(23-16)12-26-17-9-4-7-15(21)18(17)22/h3-4,6-9H,5,10-13H2,1-2H3. The summed E-state index contributed by atoms with van der Waals surface area (Å²) < 4.78 is 0. The van der Waals surface area contributed by atoms with E-state index in [1.54, 1.807) is 23.9 Å². The first-order valence-electron chi connectivity index (χ1n) is 8.68. The molecule has 3 rings (SSSR count). The van der Waals surface area contributed by atoms with Gasteiger partial charge in [0.1, 0.15) is 5.69 Å². The van der Waals surface area contributed by atoms with E-state index in [1.165, 1.54) is 0 Å². The Balaban J connectivity index is 1.70. The van der Waals surface area contributed by atoms with Crippen LogP contribution in [-0.4, -0.2) is 28.9 Å². The molecule has 1 aliphatic rings. The SMILES string of the molecule is CC1(C)CCCN(C(=O)c2cccc(CSc3cccc(Cl)c3Cl)n2)C1. The van der Waals surface area contributed by atoms with Crippen LogP contribution in [0.25, 0.3) is 0 Å². The third-order valence-corrected chi connectivity index (χ3v) is 6.53. The number of rotatable bonds is 4. The van der Waals surface area contributed by atoms with Crippen molar-refractivity contribution in [3.63, 3.8) is 0 Å². The van der Waals surface area contributed by atoms with E-state index in [2.05, 4.69) is 18.8 Å². The van der Waals surface area contributed by atoms with Gasteiger partial charge in [-0.05, 0) is 42.5 Å². The number of nitrogens with zero attached hydrogens (tertiary/aromatic N) is 2. The molecule has 1 amide bonds. The van der Waals surface area contributed by atoms with Gasteiger partial charge in [0.05, 0.1) is 15.7 Å². The van der Waals surface area contributed by atoms with Gasteiger partial charge in [0.2, 0.25) is 0 Å². The van der Waals surface area contributed by atoms with Crippen LogP contribution in [0.4, 0.5) is 0 Å². The molecular weight excluding hydrogens is 387 g/mol. The molecule has 0 saturated carbocycles. The van der Waals surface area contributed by atoms with Crippen LogP contribution in [0.2, 0.25) is 10.0 Å². The second-order valence-corrected chi connectivity index (χ2v) is 9.15. The molecule has 1 fully saturated rings. The molecule has 0 spiro atoms. The van der Waals surface area contributed by atoms with E-state index in [0.29, 0.717) is 21.5 Å². The Bertz CT molecular complexity index is 810. The Morgan fingerprint density at radius 3 is 2.77 bits per heavy atom. The van der Waals surface area contributed by atoms with Crippen molar-refractivity contribution in [2.45, 2.75) is 37.3 Å². The number of halogens is 2. The summed E-state index contributed by atoms with van der Waals surface area (Å²) in [5.41, 5.74) is 1.54. The molecule has 0 atom stereocenters. The van der Waals surface area contributed by atoms with Gasteiger partial charge in [0.25, 0.3) is 5.91 Å². The lowest BCUT2D eigenvalue weighted by atomic mass is 9.84. The van der Waals surface area contributed by atoms with Crippen LogP contribution in [0.5, 0.6) is 0 Å². The van der Waals surface area contributed by atoms with Gasteiger partial charge < -0.3 is 4.90 Å². The molecule has 26 heavy (non-hydrogen) atoms. The van der Waals surface area contributed by atoms with Crippen molar-refractivity contribution in [1.29, 1.82) is 0 Å². The lowest BCUT2D eigenvalue weighted by Gasteiger charge is -2.37. The molecule has 1 aromatic heterocycles. The number of carbonyl (C=O) groups is 1. The van der Waals surface area contributed by atoms with Gasteiger partial charge in [-0.25, -0.2) is 4.98 Å². The lowest BCUT2D eigenvalue weighted by Crippen LogP contribution is -2.43. The van der Waals surface area contributed by atoms with Crippen molar-refractivity contribution >= 4 is 40.9 Å². The van der Waals surface area contributed by atoms with Crippen LogP contribution in [-0.2, 0) is 5.75 Å². The zero-order valence-corrected chi connectivity index (χ0v) is 17.3. The highest BCUT2D eigenvalue weighted by Gasteiger charge is 2.30. The van der Waals surface area contributed by atoms with Crippen molar-refractivity contribution in [3.05, 3.63) is 57.8 Å². The summed E-state index contributed by atoms with van der Waals surface area (Å²) in [4.78, 5) is 20.2. The number of likely N-dealkylation sites (tertiary alicyclic amines) is 1. The largest absolute Gasteiger partial charge is 0.337 e. The van der Waals surface area contributed by atoms with E-state index >= 15 is 0 Å². The van der Waals surface area contributed by atoms with Crippen molar-refractivity contribution in [2.75, 3.05) is 13.1 Å². The van der Waals surface area contributed by atoms with Gasteiger partial charge in [-0.15, -0.1) is 11.8 Å². The van der Waals surface area contributed by atoms with E-state index in [9.17, 15) is 4.79 Å². The highest BCUT2D eigenvalue weighted by molar-refractivity contribution is 7.98. The maximum absolute atomic E-state index is 12.8. The first-order chi connectivity index (χ1) is 12.4. The quantitative estimate of drug-likeness (QED) is 0.586. The van der Waals surface area contributed by atoms with E-state index in [0.717, 1.165) is 36.5 Å². The molecule has 0 aliphatic carbocycles. The van der Waals surface area contributed by atoms with Crippen LogP contribution in [0.15, 0.2) is 41.3 Å². The zero-order chi connectivity index (χ0) is 18.7. The van der Waals surface area contributed by atoms with E-state index in [-0.39, 0.29) is 11.3 Å². The van der Waals surface area contributed by atoms with Crippen molar-refractivity contribution in [3.8, 4) is 0 Å². The van der Waals surface area contributed by atoms with E-state index in [4.69, 9.17) is 23.2 Å². The summed E-state index contributed by atoms with van der Waals surface area (Å²) in [6, 6.07) is 11.2. The Hall–Kier alpha value is -1.23. The second-order valence-electron chi connectivity index (χ2n) is 7.35. The molecule has 6 heteroatoms. The first kappa shape index (κ1) is 19.5. The number of piperidine rings is 1. The molecule has 3 nitrogen and oxygen atoms in total. The fourth-order valence-electron chi connectivity index (χ4n) is 3.18. The van der Waals surface area contributed by atoms with Crippen molar-refractivity contribution < 1.29 is 4.79 Å². The molecule has 0 radical (unpaired) electrons. The van der Waals surface area contributed by atoms with Gasteiger partial charge in [-0.3, -0.25) is 4.79 Å². The molecule has 2 aromatic rings. The lowest BCUT2D eigenvalue weighted by molar-refractivity contribution is 0.0577. The summed E-state index contributed by atoms with van der Waals surface area (Å²) in [6.45, 7) is 6.01. The molecule has 1 aliphatic heterocycles. The minimum atomic E-state index is 0.0189. The Kier molecular flexibility index (Phi) is 6.16. The number of aromatic nitrogens is 1. The van der Waals surface area contributed by atoms with Crippen molar-refractivity contribution in [2.24, 2.45) is 5.41 Å². The predicted octanol–water partition coefficient (Wildman–Crippen LogP) is 5.94. The predicted molar refractivity (Wildman–Crippen MR) is 109 cm³/mol. The smallest absolute Gasteiger partial charge is 0.272 e.